The van der Waals surface area contributed by atoms with Crippen LogP contribution in [0, 0.1) is 5.82 Å². The van der Waals surface area contributed by atoms with Gasteiger partial charge in [0.05, 0.1) is 23.4 Å². The molecule has 9 nitrogen and oxygen atoms in total. The molecule has 1 amide bonds. The lowest BCUT2D eigenvalue weighted by atomic mass is 10.0. The number of hydrogen-bond donors (Lipinski definition) is 2. The summed E-state index contributed by atoms with van der Waals surface area (Å²) in [5.41, 5.74) is 3.96. The van der Waals surface area contributed by atoms with Gasteiger partial charge in [-0.05, 0) is 73.1 Å². The van der Waals surface area contributed by atoms with E-state index in [-0.39, 0.29) is 23.3 Å². The zero-order chi connectivity index (χ0) is 33.9. The van der Waals surface area contributed by atoms with Crippen molar-refractivity contribution in [2.75, 3.05) is 20.6 Å². The van der Waals surface area contributed by atoms with E-state index in [0.717, 1.165) is 29.5 Å². The third kappa shape index (κ3) is 7.05. The number of pyridine rings is 1. The molecule has 6 rings (SSSR count). The lowest BCUT2D eigenvalue weighted by Gasteiger charge is -2.16. The number of nitrogens with zero attached hydrogens (tertiary/aromatic N) is 4. The van der Waals surface area contributed by atoms with Crippen molar-refractivity contribution >= 4 is 16.7 Å². The van der Waals surface area contributed by atoms with Crippen molar-refractivity contribution in [3.8, 4) is 16.9 Å². The Morgan fingerprint density at radius 3 is 2.58 bits per heavy atom. The standard InChI is InChI=1S/C38H38FN5O4/c1-42(2)15-6-11-35(46)40-21-25-8-4-7-24(17-25)18-32-37(47)43(3)22-33(41-32)29-9-5-10-34(30(29)23-45)44-16-14-27-19-28(26-12-13-26)20-31(39)36(27)38(44)48/h4-11,14,16-17,19-20,22,26,45H,12-13,15,18,21,23H2,1-3H3,(H,40,46)/b11-6+. The SMILES string of the molecule is CN(C)C/C=C/C(=O)NCc1cccc(Cc2nc(-c3cccc(-n4ccc5cc(C6CC6)cc(F)c5c4=O)c3CO)cn(C)c2=O)c1. The van der Waals surface area contributed by atoms with E-state index in [2.05, 4.69) is 5.32 Å². The molecule has 1 fully saturated rings. The average Bonchev–Trinajstić information content (AvgIpc) is 3.91. The Bertz CT molecular complexity index is 2160. The van der Waals surface area contributed by atoms with Crippen molar-refractivity contribution in [3.63, 3.8) is 0 Å². The van der Waals surface area contributed by atoms with E-state index in [9.17, 15) is 19.5 Å². The van der Waals surface area contributed by atoms with E-state index in [1.165, 1.54) is 21.3 Å². The van der Waals surface area contributed by atoms with Crippen molar-refractivity contribution in [1.29, 1.82) is 0 Å². The second kappa shape index (κ2) is 13.9. The van der Waals surface area contributed by atoms with Gasteiger partial charge in [0.1, 0.15) is 11.5 Å². The molecule has 48 heavy (non-hydrogen) atoms. The molecule has 3 aromatic carbocycles. The Hall–Kier alpha value is -5.19. The topological polar surface area (TPSA) is 109 Å². The summed E-state index contributed by atoms with van der Waals surface area (Å²) in [4.78, 5) is 45.8. The van der Waals surface area contributed by atoms with Gasteiger partial charge in [-0.2, -0.15) is 0 Å². The highest BCUT2D eigenvalue weighted by Gasteiger charge is 2.25. The summed E-state index contributed by atoms with van der Waals surface area (Å²) in [7, 11) is 5.49. The normalized spacial score (nSPS) is 13.1. The summed E-state index contributed by atoms with van der Waals surface area (Å²) in [6.45, 7) is 0.574. The van der Waals surface area contributed by atoms with Crippen LogP contribution in [0.1, 0.15) is 46.7 Å². The number of aryl methyl sites for hydroxylation is 1. The third-order valence-corrected chi connectivity index (χ3v) is 8.58. The van der Waals surface area contributed by atoms with Gasteiger partial charge in [-0.25, -0.2) is 9.37 Å². The Balaban J connectivity index is 1.30. The predicted molar refractivity (Wildman–Crippen MR) is 185 cm³/mol. The van der Waals surface area contributed by atoms with Gasteiger partial charge in [-0.1, -0.05) is 48.5 Å². The Morgan fingerprint density at radius 2 is 1.83 bits per heavy atom. The molecule has 10 heteroatoms. The number of aliphatic hydroxyl groups excluding tert-OH is 1. The van der Waals surface area contributed by atoms with E-state index in [1.54, 1.807) is 49.8 Å². The molecule has 0 atom stereocenters. The quantitative estimate of drug-likeness (QED) is 0.203. The van der Waals surface area contributed by atoms with Gasteiger partial charge in [-0.15, -0.1) is 0 Å². The number of fused-ring (bicyclic) bond motifs is 1. The molecule has 0 saturated heterocycles. The van der Waals surface area contributed by atoms with Crippen LogP contribution in [0.4, 0.5) is 4.39 Å². The van der Waals surface area contributed by atoms with E-state index in [4.69, 9.17) is 4.98 Å². The van der Waals surface area contributed by atoms with Gasteiger partial charge >= 0.3 is 0 Å². The maximum absolute atomic E-state index is 15.3. The van der Waals surface area contributed by atoms with Crippen LogP contribution in [0.3, 0.4) is 0 Å². The number of amides is 1. The zero-order valence-electron chi connectivity index (χ0n) is 27.2. The second-order valence-electron chi connectivity index (χ2n) is 12.6. The molecule has 0 unspecified atom stereocenters. The molecule has 2 aromatic heterocycles. The fourth-order valence-electron chi connectivity index (χ4n) is 5.97. The van der Waals surface area contributed by atoms with Crippen molar-refractivity contribution in [1.82, 2.24) is 24.3 Å². The van der Waals surface area contributed by atoms with E-state index in [1.807, 2.05) is 49.3 Å². The van der Waals surface area contributed by atoms with Crippen molar-refractivity contribution in [2.45, 2.75) is 38.3 Å². The Labute approximate surface area is 277 Å². The predicted octanol–water partition coefficient (Wildman–Crippen LogP) is 4.59. The Morgan fingerprint density at radius 1 is 1.06 bits per heavy atom. The van der Waals surface area contributed by atoms with E-state index >= 15 is 4.39 Å². The van der Waals surface area contributed by atoms with Crippen LogP contribution in [0.15, 0.2) is 94.8 Å². The molecule has 1 saturated carbocycles. The fraction of sp³-hybridized carbons (Fsp3) is 0.263. The maximum atomic E-state index is 15.3. The highest BCUT2D eigenvalue weighted by atomic mass is 19.1. The largest absolute Gasteiger partial charge is 0.392 e. The first-order chi connectivity index (χ1) is 23.1. The van der Waals surface area contributed by atoms with Crippen LogP contribution in [0.2, 0.25) is 0 Å². The number of halogens is 1. The molecule has 2 N–H and O–H groups in total. The lowest BCUT2D eigenvalue weighted by Crippen LogP contribution is -2.24. The molecule has 0 bridgehead atoms. The van der Waals surface area contributed by atoms with Crippen LogP contribution in [-0.4, -0.2) is 50.7 Å². The van der Waals surface area contributed by atoms with E-state index < -0.39 is 18.0 Å². The number of carbonyl (C=O) groups is 1. The Kier molecular flexibility index (Phi) is 9.47. The summed E-state index contributed by atoms with van der Waals surface area (Å²) < 4.78 is 18.1. The smallest absolute Gasteiger partial charge is 0.272 e. The zero-order valence-corrected chi connectivity index (χ0v) is 27.2. The van der Waals surface area contributed by atoms with Crippen LogP contribution in [-0.2, 0) is 31.4 Å². The highest BCUT2D eigenvalue weighted by Crippen LogP contribution is 2.41. The molecule has 246 valence electrons. The van der Waals surface area contributed by atoms with Crippen molar-refractivity contribution < 1.29 is 14.3 Å². The molecule has 1 aliphatic rings. The number of aromatic nitrogens is 3. The van der Waals surface area contributed by atoms with Gasteiger partial charge < -0.3 is 19.9 Å². The van der Waals surface area contributed by atoms with Gasteiger partial charge in [-0.3, -0.25) is 19.0 Å². The summed E-state index contributed by atoms with van der Waals surface area (Å²) in [6, 6.07) is 17.9. The first kappa shape index (κ1) is 32.7. The van der Waals surface area contributed by atoms with Gasteiger partial charge in [0.25, 0.3) is 11.1 Å². The third-order valence-electron chi connectivity index (χ3n) is 8.58. The maximum Gasteiger partial charge on any atom is 0.272 e. The molecule has 0 radical (unpaired) electrons. The monoisotopic (exact) mass is 647 g/mol. The number of hydrogen-bond acceptors (Lipinski definition) is 6. The number of aliphatic hydroxyl groups is 1. The van der Waals surface area contributed by atoms with Crippen LogP contribution in [0.25, 0.3) is 27.7 Å². The highest BCUT2D eigenvalue weighted by molar-refractivity contribution is 5.87. The summed E-state index contributed by atoms with van der Waals surface area (Å²) >= 11 is 0. The molecular weight excluding hydrogens is 609 g/mol. The van der Waals surface area contributed by atoms with Crippen molar-refractivity contribution in [2.24, 2.45) is 7.05 Å². The molecule has 2 heterocycles. The van der Waals surface area contributed by atoms with Gasteiger partial charge in [0.2, 0.25) is 5.91 Å². The first-order valence-electron chi connectivity index (χ1n) is 15.9. The summed E-state index contributed by atoms with van der Waals surface area (Å²) in [5, 5.41) is 14.0. The second-order valence-corrected chi connectivity index (χ2v) is 12.6. The molecule has 5 aromatic rings. The van der Waals surface area contributed by atoms with Gasteiger partial charge in [0, 0.05) is 56.2 Å². The number of nitrogens with one attached hydrogen (secondary N) is 1. The summed E-state index contributed by atoms with van der Waals surface area (Å²) in [6.07, 6.45) is 8.80. The number of carbonyl (C=O) groups excluding carboxylic acids is 1. The molecule has 0 spiro atoms. The van der Waals surface area contributed by atoms with Crippen LogP contribution in [0.5, 0.6) is 0 Å². The minimum Gasteiger partial charge on any atom is -0.392 e. The molecular formula is C38H38FN5O4. The summed E-state index contributed by atoms with van der Waals surface area (Å²) in [5.74, 6) is -0.394. The van der Waals surface area contributed by atoms with Crippen LogP contribution >= 0.6 is 0 Å². The van der Waals surface area contributed by atoms with Crippen molar-refractivity contribution in [3.05, 3.63) is 140 Å². The van der Waals surface area contributed by atoms with Gasteiger partial charge in [0.15, 0.2) is 0 Å². The molecule has 0 aliphatic heterocycles. The number of benzene rings is 3. The lowest BCUT2D eigenvalue weighted by molar-refractivity contribution is -0.116. The van der Waals surface area contributed by atoms with E-state index in [0.29, 0.717) is 52.6 Å². The number of likely N-dealkylation sites (N-methyl/N-ethyl adjacent to an activating group) is 1. The fourth-order valence-corrected chi connectivity index (χ4v) is 5.97. The first-order valence-corrected chi connectivity index (χ1v) is 15.9. The minimum absolute atomic E-state index is 0.00120. The number of rotatable bonds is 11. The minimum atomic E-state index is -0.553. The molecule has 1 aliphatic carbocycles. The average molecular weight is 648 g/mol. The van der Waals surface area contributed by atoms with Crippen LogP contribution < -0.4 is 16.4 Å².